The van der Waals surface area contributed by atoms with E-state index in [-0.39, 0.29) is 0 Å². The van der Waals surface area contributed by atoms with E-state index in [0.29, 0.717) is 6.92 Å². The minimum atomic E-state index is -8.44. The Labute approximate surface area is 115 Å². The lowest BCUT2D eigenvalue weighted by Gasteiger charge is -2.34. The van der Waals surface area contributed by atoms with Crippen LogP contribution in [0.5, 0.6) is 0 Å². The van der Waals surface area contributed by atoms with Gasteiger partial charge in [-0.15, -0.1) is 0 Å². The van der Waals surface area contributed by atoms with Crippen LogP contribution >= 0.6 is 15.0 Å². The number of rotatable bonds is 5. The van der Waals surface area contributed by atoms with Gasteiger partial charge in [0, 0.05) is 6.16 Å². The quantitative estimate of drug-likeness (QED) is 0.538. The average molecular weight is 394 g/mol. The van der Waals surface area contributed by atoms with Crippen molar-refractivity contribution in [3.05, 3.63) is 0 Å². The van der Waals surface area contributed by atoms with Crippen LogP contribution in [0.1, 0.15) is 6.92 Å². The van der Waals surface area contributed by atoms with Crippen LogP contribution in [0.15, 0.2) is 0 Å². The molecule has 0 heterocycles. The van der Waals surface area contributed by atoms with E-state index >= 15 is 0 Å². The van der Waals surface area contributed by atoms with Crippen molar-refractivity contribution in [3.8, 4) is 0 Å². The molecule has 134 valence electrons. The van der Waals surface area contributed by atoms with Crippen LogP contribution in [0.3, 0.4) is 0 Å². The predicted octanol–water partition coefficient (Wildman–Crippen LogP) is 4.80. The SMILES string of the molecule is CCP(=O)(O)OP(=O)(C(F)(F)C(F)(F)F)C(F)(F)C(F)(F)F. The van der Waals surface area contributed by atoms with Crippen molar-refractivity contribution in [2.75, 3.05) is 6.16 Å². The van der Waals surface area contributed by atoms with E-state index < -0.39 is 44.8 Å². The van der Waals surface area contributed by atoms with Crippen LogP contribution < -0.4 is 0 Å². The van der Waals surface area contributed by atoms with Crippen LogP contribution in [0.2, 0.25) is 0 Å². The van der Waals surface area contributed by atoms with Crippen LogP contribution in [-0.4, -0.2) is 34.7 Å². The number of halogens is 10. The zero-order valence-electron chi connectivity index (χ0n) is 10.1. The number of alkyl halides is 10. The molecule has 0 aliphatic rings. The zero-order valence-corrected chi connectivity index (χ0v) is 11.8. The summed E-state index contributed by atoms with van der Waals surface area (Å²) in [5.41, 5.74) is -14.5. The Kier molecular flexibility index (Phi) is 5.56. The minimum Gasteiger partial charge on any atom is -0.324 e. The van der Waals surface area contributed by atoms with E-state index in [1.54, 1.807) is 0 Å². The molecule has 4 nitrogen and oxygen atoms in total. The van der Waals surface area contributed by atoms with E-state index in [0.717, 1.165) is 0 Å². The third kappa shape index (κ3) is 3.44. The van der Waals surface area contributed by atoms with Gasteiger partial charge in [0.25, 0.3) is 0 Å². The molecule has 0 aliphatic carbocycles. The fourth-order valence-electron chi connectivity index (χ4n) is 0.850. The van der Waals surface area contributed by atoms with E-state index in [1.165, 1.54) is 0 Å². The molecule has 0 aromatic carbocycles. The standard InChI is InChI=1S/C6H6F10O4P2/c1-2-21(17,18)20-22(19,5(13,14)3(7,8)9)6(15,16)4(10,11)12/h2H2,1H3,(H,17,18). The van der Waals surface area contributed by atoms with Gasteiger partial charge in [0.2, 0.25) is 0 Å². The molecular weight excluding hydrogens is 388 g/mol. The monoisotopic (exact) mass is 394 g/mol. The fourth-order valence-corrected chi connectivity index (χ4v) is 4.59. The maximum Gasteiger partial charge on any atom is 0.463 e. The van der Waals surface area contributed by atoms with Crippen LogP contribution in [0.4, 0.5) is 43.9 Å². The van der Waals surface area contributed by atoms with Crippen LogP contribution in [0.25, 0.3) is 0 Å². The first-order valence-electron chi connectivity index (χ1n) is 4.79. The molecule has 0 rings (SSSR count). The second-order valence-corrected chi connectivity index (χ2v) is 8.45. The van der Waals surface area contributed by atoms with Crippen molar-refractivity contribution in [2.45, 2.75) is 30.6 Å². The Bertz CT molecular complexity index is 479. The molecule has 0 saturated heterocycles. The third-order valence-electron chi connectivity index (χ3n) is 2.06. The van der Waals surface area contributed by atoms with E-state index in [2.05, 4.69) is 4.31 Å². The zero-order chi connectivity index (χ0) is 18.4. The van der Waals surface area contributed by atoms with Crippen molar-refractivity contribution in [3.63, 3.8) is 0 Å². The first-order chi connectivity index (χ1) is 9.27. The molecule has 0 fully saturated rings. The Morgan fingerprint density at radius 1 is 0.818 bits per heavy atom. The molecule has 0 aromatic rings. The number of hydrogen-bond donors (Lipinski definition) is 1. The van der Waals surface area contributed by atoms with Crippen molar-refractivity contribution in [1.29, 1.82) is 0 Å². The molecule has 0 aromatic heterocycles. The molecule has 0 spiro atoms. The highest BCUT2D eigenvalue weighted by molar-refractivity contribution is 7.71. The molecule has 0 amide bonds. The van der Waals surface area contributed by atoms with Crippen LogP contribution in [-0.2, 0) is 13.4 Å². The lowest BCUT2D eigenvalue weighted by Crippen LogP contribution is -2.47. The van der Waals surface area contributed by atoms with Gasteiger partial charge in [-0.25, -0.2) is 4.31 Å². The summed E-state index contributed by atoms with van der Waals surface area (Å²) >= 11 is 0. The molecule has 0 saturated carbocycles. The summed E-state index contributed by atoms with van der Waals surface area (Å²) in [6.07, 6.45) is -15.8. The Morgan fingerprint density at radius 3 is 1.27 bits per heavy atom. The molecule has 1 atom stereocenters. The van der Waals surface area contributed by atoms with Crippen molar-refractivity contribution < 1.29 is 62.2 Å². The molecule has 22 heavy (non-hydrogen) atoms. The van der Waals surface area contributed by atoms with Gasteiger partial charge >= 0.3 is 38.6 Å². The highest BCUT2D eigenvalue weighted by Crippen LogP contribution is 2.81. The summed E-state index contributed by atoms with van der Waals surface area (Å²) in [6, 6.07) is 0. The van der Waals surface area contributed by atoms with Gasteiger partial charge in [0.15, 0.2) is 0 Å². The average Bonchev–Trinajstić information content (AvgIpc) is 2.24. The Morgan fingerprint density at radius 2 is 1.09 bits per heavy atom. The maximum absolute atomic E-state index is 12.9. The van der Waals surface area contributed by atoms with Gasteiger partial charge < -0.3 is 4.89 Å². The molecule has 16 heteroatoms. The minimum absolute atomic E-state index is 0.530. The molecule has 0 bridgehead atoms. The van der Waals surface area contributed by atoms with Crippen LogP contribution in [0, 0.1) is 0 Å². The summed E-state index contributed by atoms with van der Waals surface area (Å²) in [6.45, 7) is 0.530. The van der Waals surface area contributed by atoms with E-state index in [4.69, 9.17) is 4.89 Å². The highest BCUT2D eigenvalue weighted by Gasteiger charge is 2.86. The van der Waals surface area contributed by atoms with Gasteiger partial charge in [-0.05, 0) is 0 Å². The van der Waals surface area contributed by atoms with Gasteiger partial charge in [0.1, 0.15) is 0 Å². The van der Waals surface area contributed by atoms with Gasteiger partial charge in [-0.1, -0.05) is 6.92 Å². The van der Waals surface area contributed by atoms with E-state index in [1.807, 2.05) is 0 Å². The summed E-state index contributed by atoms with van der Waals surface area (Å²) in [5.74, 6) is 0. The Balaban J connectivity index is 6.51. The maximum atomic E-state index is 12.9. The second-order valence-electron chi connectivity index (χ2n) is 3.66. The van der Waals surface area contributed by atoms with Gasteiger partial charge in [-0.3, -0.25) is 9.13 Å². The second kappa shape index (κ2) is 5.64. The molecular formula is C6H6F10O4P2. The van der Waals surface area contributed by atoms with Crippen molar-refractivity contribution in [1.82, 2.24) is 0 Å². The number of hydrogen-bond acceptors (Lipinski definition) is 3. The summed E-state index contributed by atoms with van der Waals surface area (Å²) in [7, 11) is -14.3. The normalized spacial score (nSPS) is 18.2. The van der Waals surface area contributed by atoms with Gasteiger partial charge in [0.05, 0.1) is 0 Å². The lowest BCUT2D eigenvalue weighted by atomic mass is 10.7. The largest absolute Gasteiger partial charge is 0.463 e. The van der Waals surface area contributed by atoms with E-state index in [9.17, 15) is 53.0 Å². The Hall–Kier alpha value is -0.320. The first-order valence-corrected chi connectivity index (χ1v) is 8.18. The van der Waals surface area contributed by atoms with Crippen molar-refractivity contribution in [2.24, 2.45) is 0 Å². The molecule has 1 unspecified atom stereocenters. The van der Waals surface area contributed by atoms with Gasteiger partial charge in [-0.2, -0.15) is 43.9 Å². The third-order valence-corrected chi connectivity index (χ3v) is 6.79. The van der Waals surface area contributed by atoms with Crippen molar-refractivity contribution >= 4 is 15.0 Å². The summed E-state index contributed by atoms with van der Waals surface area (Å²) in [4.78, 5) is 8.68. The predicted molar refractivity (Wildman–Crippen MR) is 51.1 cm³/mol. The summed E-state index contributed by atoms with van der Waals surface area (Å²) < 4.78 is 149. The fraction of sp³-hybridized carbons (Fsp3) is 1.00. The molecule has 1 N–H and O–H groups in total. The lowest BCUT2D eigenvalue weighted by molar-refractivity contribution is -0.270. The highest BCUT2D eigenvalue weighted by atomic mass is 31.3. The molecule has 0 radical (unpaired) electrons. The first kappa shape index (κ1) is 21.7. The topological polar surface area (TPSA) is 63.6 Å². The molecule has 0 aliphatic heterocycles. The summed E-state index contributed by atoms with van der Waals surface area (Å²) in [5, 5.41) is 0. The smallest absolute Gasteiger partial charge is 0.324 e.